The summed E-state index contributed by atoms with van der Waals surface area (Å²) < 4.78 is 10.7. The number of alkyl carbamates (subject to hydrolysis) is 1. The van der Waals surface area contributed by atoms with Crippen LogP contribution >= 0.6 is 0 Å². The molecule has 3 N–H and O–H groups in total. The maximum Gasteiger partial charge on any atom is 0.407 e. The average Bonchev–Trinajstić information content (AvgIpc) is 2.54. The van der Waals surface area contributed by atoms with E-state index in [-0.39, 0.29) is 0 Å². The van der Waals surface area contributed by atoms with Gasteiger partial charge >= 0.3 is 6.09 Å². The van der Waals surface area contributed by atoms with Crippen molar-refractivity contribution in [2.24, 2.45) is 4.99 Å². The van der Waals surface area contributed by atoms with Gasteiger partial charge in [0.2, 0.25) is 5.88 Å². The number of nitrogens with one attached hydrogen (secondary N) is 3. The van der Waals surface area contributed by atoms with Crippen LogP contribution in [0.5, 0.6) is 5.88 Å². The second-order valence-electron chi connectivity index (χ2n) is 6.18. The van der Waals surface area contributed by atoms with E-state index in [9.17, 15) is 4.79 Å². The third-order valence-electron chi connectivity index (χ3n) is 2.89. The minimum Gasteiger partial charge on any atom is -0.478 e. The Morgan fingerprint density at radius 3 is 2.60 bits per heavy atom. The van der Waals surface area contributed by atoms with Crippen molar-refractivity contribution < 1.29 is 14.3 Å². The molecule has 140 valence electrons. The fourth-order valence-electron chi connectivity index (χ4n) is 1.88. The van der Waals surface area contributed by atoms with Crippen LogP contribution in [-0.2, 0) is 11.3 Å². The smallest absolute Gasteiger partial charge is 0.407 e. The number of guanidine groups is 1. The number of amides is 1. The second kappa shape index (κ2) is 10.4. The summed E-state index contributed by atoms with van der Waals surface area (Å²) in [5.74, 6) is 1.23. The van der Waals surface area contributed by atoms with Gasteiger partial charge in [-0.3, -0.25) is 4.99 Å². The zero-order chi connectivity index (χ0) is 18.7. The lowest BCUT2D eigenvalue weighted by molar-refractivity contribution is 0.0529. The van der Waals surface area contributed by atoms with E-state index in [2.05, 4.69) is 25.9 Å². The Balaban J connectivity index is 2.35. The van der Waals surface area contributed by atoms with Gasteiger partial charge in [-0.15, -0.1) is 0 Å². The number of carbonyl (C=O) groups excluding carboxylic acids is 1. The van der Waals surface area contributed by atoms with Crippen LogP contribution in [0.25, 0.3) is 0 Å². The van der Waals surface area contributed by atoms with Gasteiger partial charge in [-0.05, 0) is 33.8 Å². The molecule has 8 nitrogen and oxygen atoms in total. The maximum atomic E-state index is 11.6. The summed E-state index contributed by atoms with van der Waals surface area (Å²) in [7, 11) is 1.68. The van der Waals surface area contributed by atoms with Gasteiger partial charge in [-0.2, -0.15) is 0 Å². The van der Waals surface area contributed by atoms with Gasteiger partial charge < -0.3 is 25.4 Å². The van der Waals surface area contributed by atoms with Gasteiger partial charge in [-0.25, -0.2) is 9.78 Å². The second-order valence-corrected chi connectivity index (χ2v) is 6.18. The molecule has 0 unspecified atom stereocenters. The number of rotatable bonds is 7. The number of nitrogens with zero attached hydrogens (tertiary/aromatic N) is 2. The molecular formula is C17H29N5O3. The van der Waals surface area contributed by atoms with Gasteiger partial charge in [0, 0.05) is 38.4 Å². The van der Waals surface area contributed by atoms with Crippen molar-refractivity contribution in [3.63, 3.8) is 0 Å². The van der Waals surface area contributed by atoms with E-state index in [4.69, 9.17) is 9.47 Å². The third-order valence-corrected chi connectivity index (χ3v) is 2.89. The van der Waals surface area contributed by atoms with E-state index in [0.717, 1.165) is 5.56 Å². The molecule has 1 rings (SSSR count). The van der Waals surface area contributed by atoms with Crippen LogP contribution in [0.15, 0.2) is 23.3 Å². The number of hydrogen-bond donors (Lipinski definition) is 3. The summed E-state index contributed by atoms with van der Waals surface area (Å²) in [5, 5.41) is 8.98. The summed E-state index contributed by atoms with van der Waals surface area (Å²) in [6.45, 7) is 9.43. The summed E-state index contributed by atoms with van der Waals surface area (Å²) in [6, 6.07) is 3.81. The number of pyridine rings is 1. The number of ether oxygens (including phenoxy) is 2. The lowest BCUT2D eigenvalue weighted by Crippen LogP contribution is -2.42. The van der Waals surface area contributed by atoms with Crippen LogP contribution in [-0.4, -0.2) is 49.4 Å². The third kappa shape index (κ3) is 8.78. The molecule has 0 saturated carbocycles. The Morgan fingerprint density at radius 2 is 1.96 bits per heavy atom. The van der Waals surface area contributed by atoms with E-state index in [0.29, 0.717) is 38.1 Å². The van der Waals surface area contributed by atoms with E-state index in [1.165, 1.54) is 0 Å². The molecule has 0 spiro atoms. The van der Waals surface area contributed by atoms with Crippen LogP contribution in [0.4, 0.5) is 4.79 Å². The van der Waals surface area contributed by atoms with Gasteiger partial charge in [0.1, 0.15) is 5.60 Å². The summed E-state index contributed by atoms with van der Waals surface area (Å²) >= 11 is 0. The van der Waals surface area contributed by atoms with Crippen molar-refractivity contribution in [3.8, 4) is 5.88 Å². The zero-order valence-electron chi connectivity index (χ0n) is 15.7. The first-order valence-electron chi connectivity index (χ1n) is 8.33. The molecule has 8 heteroatoms. The summed E-state index contributed by atoms with van der Waals surface area (Å²) in [4.78, 5) is 19.9. The van der Waals surface area contributed by atoms with Crippen LogP contribution < -0.4 is 20.7 Å². The van der Waals surface area contributed by atoms with Gasteiger partial charge in [0.25, 0.3) is 0 Å². The van der Waals surface area contributed by atoms with E-state index < -0.39 is 11.7 Å². The predicted octanol–water partition coefficient (Wildman–Crippen LogP) is 1.67. The molecule has 0 aliphatic rings. The number of hydrogen-bond acceptors (Lipinski definition) is 5. The van der Waals surface area contributed by atoms with E-state index in [1.807, 2.05) is 39.8 Å². The minimum atomic E-state index is -0.503. The molecule has 1 aromatic heterocycles. The molecule has 0 radical (unpaired) electrons. The molecule has 0 aliphatic heterocycles. The van der Waals surface area contributed by atoms with Crippen LogP contribution in [0.1, 0.15) is 33.3 Å². The predicted molar refractivity (Wildman–Crippen MR) is 97.8 cm³/mol. The highest BCUT2D eigenvalue weighted by atomic mass is 16.6. The normalized spacial score (nSPS) is 11.6. The van der Waals surface area contributed by atoms with Crippen LogP contribution in [0.2, 0.25) is 0 Å². The first kappa shape index (κ1) is 20.5. The van der Waals surface area contributed by atoms with Crippen LogP contribution in [0, 0.1) is 0 Å². The van der Waals surface area contributed by atoms with Gasteiger partial charge in [0.05, 0.1) is 6.61 Å². The average molecular weight is 351 g/mol. The monoisotopic (exact) mass is 351 g/mol. The van der Waals surface area contributed by atoms with Crippen molar-refractivity contribution >= 4 is 12.1 Å². The Hall–Kier alpha value is -2.51. The Morgan fingerprint density at radius 1 is 1.24 bits per heavy atom. The Bertz CT molecular complexity index is 570. The molecule has 0 atom stereocenters. The van der Waals surface area contributed by atoms with Crippen molar-refractivity contribution in [3.05, 3.63) is 23.9 Å². The molecular weight excluding hydrogens is 322 g/mol. The number of aromatic nitrogens is 1. The molecule has 1 heterocycles. The topological polar surface area (TPSA) is 96.9 Å². The highest BCUT2D eigenvalue weighted by molar-refractivity contribution is 5.79. The first-order valence-corrected chi connectivity index (χ1v) is 8.33. The fraction of sp³-hybridized carbons (Fsp3) is 0.588. The van der Waals surface area contributed by atoms with E-state index >= 15 is 0 Å². The molecule has 0 bridgehead atoms. The first-order chi connectivity index (χ1) is 11.9. The lowest BCUT2D eigenvalue weighted by atomic mass is 10.2. The van der Waals surface area contributed by atoms with Crippen molar-refractivity contribution in [2.75, 3.05) is 26.7 Å². The van der Waals surface area contributed by atoms with Gasteiger partial charge in [0.15, 0.2) is 5.96 Å². The molecule has 25 heavy (non-hydrogen) atoms. The highest BCUT2D eigenvalue weighted by Gasteiger charge is 2.15. The van der Waals surface area contributed by atoms with Gasteiger partial charge in [-0.1, -0.05) is 6.07 Å². The highest BCUT2D eigenvalue weighted by Crippen LogP contribution is 2.13. The molecule has 0 aromatic carbocycles. The lowest BCUT2D eigenvalue weighted by Gasteiger charge is -2.20. The van der Waals surface area contributed by atoms with Crippen molar-refractivity contribution in [1.29, 1.82) is 0 Å². The zero-order valence-corrected chi connectivity index (χ0v) is 15.7. The SMILES string of the molecule is CCOc1ncccc1CNC(=NC)NCCNC(=O)OC(C)(C)C. The van der Waals surface area contributed by atoms with E-state index in [1.54, 1.807) is 13.2 Å². The molecule has 0 saturated heterocycles. The quantitative estimate of drug-likeness (QED) is 0.393. The molecule has 1 aromatic rings. The number of aliphatic imine (C=N–C) groups is 1. The van der Waals surface area contributed by atoms with Crippen LogP contribution in [0.3, 0.4) is 0 Å². The summed E-state index contributed by atoms with van der Waals surface area (Å²) in [6.07, 6.45) is 1.26. The summed E-state index contributed by atoms with van der Waals surface area (Å²) in [5.41, 5.74) is 0.441. The van der Waals surface area contributed by atoms with Crippen molar-refractivity contribution in [2.45, 2.75) is 39.8 Å². The largest absolute Gasteiger partial charge is 0.478 e. The fourth-order valence-corrected chi connectivity index (χ4v) is 1.88. The van der Waals surface area contributed by atoms with Crippen molar-refractivity contribution in [1.82, 2.24) is 20.9 Å². The molecule has 0 aliphatic carbocycles. The molecule has 1 amide bonds. The Kier molecular flexibility index (Phi) is 8.52. The minimum absolute atomic E-state index is 0.423. The molecule has 0 fully saturated rings. The standard InChI is InChI=1S/C17H29N5O3/c1-6-24-14-13(8-7-9-19-14)12-22-15(18-5)20-10-11-21-16(23)25-17(2,3)4/h7-9H,6,10-12H2,1-5H3,(H,21,23)(H2,18,20,22). The number of carbonyl (C=O) groups is 1. The Labute approximate surface area is 149 Å². The maximum absolute atomic E-state index is 11.6.